The van der Waals surface area contributed by atoms with Crippen molar-refractivity contribution in [1.82, 2.24) is 10.3 Å². The molecule has 180 valence electrons. The number of benzene rings is 2. The van der Waals surface area contributed by atoms with E-state index < -0.39 is 0 Å². The molecule has 1 aliphatic rings. The molecule has 9 nitrogen and oxygen atoms in total. The highest BCUT2D eigenvalue weighted by Crippen LogP contribution is 2.39. The SMILES string of the molecule is COCCC(=O)NCc1ccc(C(=O)Nc2nc3c(OC)ccc(N4CCOCC4)c3s2)cc1. The van der Waals surface area contributed by atoms with Gasteiger partial charge in [-0.25, -0.2) is 4.98 Å². The molecule has 0 unspecified atom stereocenters. The molecule has 10 heteroatoms. The zero-order valence-corrected chi connectivity index (χ0v) is 20.1. The van der Waals surface area contributed by atoms with Crippen LogP contribution in [0.15, 0.2) is 36.4 Å². The number of nitrogens with one attached hydrogen (secondary N) is 2. The second kappa shape index (κ2) is 11.3. The van der Waals surface area contributed by atoms with E-state index in [1.807, 2.05) is 24.3 Å². The van der Waals surface area contributed by atoms with Gasteiger partial charge in [0.05, 0.1) is 37.3 Å². The number of nitrogens with zero attached hydrogens (tertiary/aromatic N) is 2. The van der Waals surface area contributed by atoms with Gasteiger partial charge in [-0.05, 0) is 29.8 Å². The smallest absolute Gasteiger partial charge is 0.257 e. The molecule has 0 atom stereocenters. The first-order valence-corrected chi connectivity index (χ1v) is 11.9. The fraction of sp³-hybridized carbons (Fsp3) is 0.375. The van der Waals surface area contributed by atoms with Crippen LogP contribution in [0.5, 0.6) is 5.75 Å². The standard InChI is InChI=1S/C24H28N4O5S/c1-31-12-9-20(29)25-15-16-3-5-17(6-4-16)23(30)27-24-26-21-19(32-2)8-7-18(22(21)34-24)28-10-13-33-14-11-28/h3-8H,9-15H2,1-2H3,(H,25,29)(H,26,27,30). The Morgan fingerprint density at radius 1 is 1.12 bits per heavy atom. The van der Waals surface area contributed by atoms with Crippen LogP contribution in [0.1, 0.15) is 22.3 Å². The molecule has 2 N–H and O–H groups in total. The van der Waals surface area contributed by atoms with Gasteiger partial charge in [0.15, 0.2) is 5.13 Å². The zero-order valence-electron chi connectivity index (χ0n) is 19.3. The normalized spacial score (nSPS) is 13.6. The molecule has 0 aliphatic carbocycles. The molecule has 0 radical (unpaired) electrons. The quantitative estimate of drug-likeness (QED) is 0.481. The summed E-state index contributed by atoms with van der Waals surface area (Å²) in [5, 5.41) is 6.24. The van der Waals surface area contributed by atoms with Crippen LogP contribution in [0.2, 0.25) is 0 Å². The molecule has 0 spiro atoms. The van der Waals surface area contributed by atoms with Gasteiger partial charge in [-0.3, -0.25) is 14.9 Å². The van der Waals surface area contributed by atoms with Crippen molar-refractivity contribution in [3.63, 3.8) is 0 Å². The van der Waals surface area contributed by atoms with Crippen molar-refractivity contribution < 1.29 is 23.8 Å². The summed E-state index contributed by atoms with van der Waals surface area (Å²) < 4.78 is 16.8. The van der Waals surface area contributed by atoms with E-state index >= 15 is 0 Å². The molecule has 2 heterocycles. The fourth-order valence-corrected chi connectivity index (χ4v) is 4.69. The third-order valence-electron chi connectivity index (χ3n) is 5.52. The predicted molar refractivity (Wildman–Crippen MR) is 132 cm³/mol. The number of carbonyl (C=O) groups excluding carboxylic acids is 2. The number of carbonyl (C=O) groups is 2. The molecule has 1 saturated heterocycles. The Balaban J connectivity index is 1.45. The molecule has 1 aliphatic heterocycles. The minimum atomic E-state index is -0.248. The first-order chi connectivity index (χ1) is 16.6. The molecular weight excluding hydrogens is 456 g/mol. The van der Waals surface area contributed by atoms with E-state index in [1.54, 1.807) is 26.4 Å². The molecule has 3 aromatic rings. The lowest BCUT2D eigenvalue weighted by Gasteiger charge is -2.29. The zero-order chi connectivity index (χ0) is 23.9. The summed E-state index contributed by atoms with van der Waals surface area (Å²) in [6.07, 6.45) is 0.317. The minimum absolute atomic E-state index is 0.0774. The summed E-state index contributed by atoms with van der Waals surface area (Å²) in [5.41, 5.74) is 3.21. The van der Waals surface area contributed by atoms with Gasteiger partial charge in [0.25, 0.3) is 5.91 Å². The van der Waals surface area contributed by atoms with Crippen LogP contribution in [-0.4, -0.2) is 63.9 Å². The van der Waals surface area contributed by atoms with Crippen molar-refractivity contribution in [2.45, 2.75) is 13.0 Å². The average Bonchev–Trinajstić information content (AvgIpc) is 3.30. The van der Waals surface area contributed by atoms with Crippen molar-refractivity contribution in [3.8, 4) is 5.75 Å². The number of thiazole rings is 1. The summed E-state index contributed by atoms with van der Waals surface area (Å²) in [7, 11) is 3.17. The Hall–Kier alpha value is -3.21. The number of hydrogen-bond acceptors (Lipinski definition) is 8. The van der Waals surface area contributed by atoms with Gasteiger partial charge in [0.1, 0.15) is 11.3 Å². The first kappa shape index (κ1) is 23.9. The molecule has 2 aromatic carbocycles. The van der Waals surface area contributed by atoms with Crippen LogP contribution >= 0.6 is 11.3 Å². The lowest BCUT2D eigenvalue weighted by molar-refractivity contribution is -0.122. The minimum Gasteiger partial charge on any atom is -0.494 e. The molecule has 34 heavy (non-hydrogen) atoms. The Bertz CT molecular complexity index is 1140. The van der Waals surface area contributed by atoms with Gasteiger partial charge < -0.3 is 24.4 Å². The van der Waals surface area contributed by atoms with E-state index in [9.17, 15) is 9.59 Å². The molecule has 0 bridgehead atoms. The average molecular weight is 485 g/mol. The van der Waals surface area contributed by atoms with Crippen LogP contribution < -0.4 is 20.3 Å². The largest absolute Gasteiger partial charge is 0.494 e. The Labute approximate surface area is 202 Å². The third kappa shape index (κ3) is 5.64. The van der Waals surface area contributed by atoms with Crippen LogP contribution in [-0.2, 0) is 20.8 Å². The number of aromatic nitrogens is 1. The van der Waals surface area contributed by atoms with E-state index in [0.29, 0.717) is 49.2 Å². The van der Waals surface area contributed by atoms with Crippen molar-refractivity contribution in [2.75, 3.05) is 57.3 Å². The van der Waals surface area contributed by atoms with Crippen molar-refractivity contribution >= 4 is 44.2 Å². The maximum atomic E-state index is 12.8. The van der Waals surface area contributed by atoms with E-state index in [0.717, 1.165) is 34.6 Å². The summed E-state index contributed by atoms with van der Waals surface area (Å²) in [5.74, 6) is 0.341. The second-order valence-electron chi connectivity index (χ2n) is 7.75. The van der Waals surface area contributed by atoms with Gasteiger partial charge >= 0.3 is 0 Å². The number of rotatable bonds is 9. The first-order valence-electron chi connectivity index (χ1n) is 11.0. The molecule has 1 aromatic heterocycles. The van der Waals surface area contributed by atoms with Crippen LogP contribution in [0.4, 0.5) is 10.8 Å². The maximum Gasteiger partial charge on any atom is 0.257 e. The third-order valence-corrected chi connectivity index (χ3v) is 6.51. The van der Waals surface area contributed by atoms with Gasteiger partial charge in [-0.2, -0.15) is 0 Å². The summed E-state index contributed by atoms with van der Waals surface area (Å²) in [6, 6.07) is 11.1. The van der Waals surface area contributed by atoms with Crippen LogP contribution in [0, 0.1) is 0 Å². The second-order valence-corrected chi connectivity index (χ2v) is 8.75. The van der Waals surface area contributed by atoms with Crippen molar-refractivity contribution in [1.29, 1.82) is 0 Å². The Morgan fingerprint density at radius 3 is 2.59 bits per heavy atom. The van der Waals surface area contributed by atoms with Gasteiger partial charge in [-0.15, -0.1) is 0 Å². The summed E-state index contributed by atoms with van der Waals surface area (Å²) >= 11 is 1.43. The van der Waals surface area contributed by atoms with Gasteiger partial charge in [-0.1, -0.05) is 23.5 Å². The number of amides is 2. The topological polar surface area (TPSA) is 102 Å². The molecule has 1 fully saturated rings. The van der Waals surface area contributed by atoms with E-state index in [2.05, 4.69) is 20.5 Å². The highest BCUT2D eigenvalue weighted by atomic mass is 32.1. The van der Waals surface area contributed by atoms with Gasteiger partial charge in [0, 0.05) is 38.7 Å². The summed E-state index contributed by atoms with van der Waals surface area (Å²) in [6.45, 7) is 3.76. The number of fused-ring (bicyclic) bond motifs is 1. The number of anilines is 2. The fourth-order valence-electron chi connectivity index (χ4n) is 3.67. The summed E-state index contributed by atoms with van der Waals surface area (Å²) in [4.78, 5) is 31.5. The lowest BCUT2D eigenvalue weighted by atomic mass is 10.1. The van der Waals surface area contributed by atoms with Crippen molar-refractivity contribution in [2.24, 2.45) is 0 Å². The Kier molecular flexibility index (Phi) is 7.94. The van der Waals surface area contributed by atoms with Crippen molar-refractivity contribution in [3.05, 3.63) is 47.5 Å². The number of methoxy groups -OCH3 is 2. The molecule has 0 saturated carbocycles. The van der Waals surface area contributed by atoms with E-state index in [4.69, 9.17) is 14.2 Å². The highest BCUT2D eigenvalue weighted by molar-refractivity contribution is 7.23. The number of ether oxygens (including phenoxy) is 3. The number of hydrogen-bond donors (Lipinski definition) is 2. The monoisotopic (exact) mass is 484 g/mol. The van der Waals surface area contributed by atoms with Crippen LogP contribution in [0.25, 0.3) is 10.2 Å². The predicted octanol–water partition coefficient (Wildman–Crippen LogP) is 3.05. The van der Waals surface area contributed by atoms with E-state index in [1.165, 1.54) is 11.3 Å². The molecule has 4 rings (SSSR count). The number of morpholine rings is 1. The van der Waals surface area contributed by atoms with Gasteiger partial charge in [0.2, 0.25) is 5.91 Å². The maximum absolute atomic E-state index is 12.8. The van der Waals surface area contributed by atoms with Crippen LogP contribution in [0.3, 0.4) is 0 Å². The lowest BCUT2D eigenvalue weighted by Crippen LogP contribution is -2.36. The van der Waals surface area contributed by atoms with E-state index in [-0.39, 0.29) is 11.8 Å². The Morgan fingerprint density at radius 2 is 1.88 bits per heavy atom. The molecule has 2 amide bonds. The highest BCUT2D eigenvalue weighted by Gasteiger charge is 2.20. The molecular formula is C24H28N4O5S.